The number of hydrogen-bond donors (Lipinski definition) is 1. The molecule has 1 N–H and O–H groups in total. The topological polar surface area (TPSA) is 85.6 Å². The maximum Gasteiger partial charge on any atom is 0.287 e. The van der Waals surface area contributed by atoms with Crippen LogP contribution in [0.5, 0.6) is 0 Å². The van der Waals surface area contributed by atoms with Crippen LogP contribution in [0.3, 0.4) is 0 Å². The van der Waals surface area contributed by atoms with E-state index in [9.17, 15) is 13.6 Å². The molecule has 1 amide bonds. The van der Waals surface area contributed by atoms with E-state index in [2.05, 4.69) is 25.4 Å². The first-order valence-corrected chi connectivity index (χ1v) is 8.08. The van der Waals surface area contributed by atoms with Crippen LogP contribution in [0.4, 0.5) is 14.6 Å². The van der Waals surface area contributed by atoms with Gasteiger partial charge in [0.25, 0.3) is 11.9 Å². The van der Waals surface area contributed by atoms with Crippen LogP contribution < -0.4 is 5.32 Å². The molecule has 0 fully saturated rings. The van der Waals surface area contributed by atoms with E-state index in [1.54, 1.807) is 19.2 Å². The zero-order valence-electron chi connectivity index (χ0n) is 14.8. The fourth-order valence-corrected chi connectivity index (χ4v) is 2.61. The minimum atomic E-state index is -3.10. The maximum atomic E-state index is 13.7. The Morgan fingerprint density at radius 1 is 1.31 bits per heavy atom. The molecule has 0 bridgehead atoms. The summed E-state index contributed by atoms with van der Waals surface area (Å²) in [5.41, 5.74) is 1.34. The second-order valence-corrected chi connectivity index (χ2v) is 6.06. The molecule has 0 saturated carbocycles. The first-order valence-electron chi connectivity index (χ1n) is 8.08. The Labute approximate surface area is 148 Å². The van der Waals surface area contributed by atoms with E-state index in [-0.39, 0.29) is 17.5 Å². The molecule has 136 valence electrons. The van der Waals surface area contributed by atoms with Crippen LogP contribution in [0.2, 0.25) is 0 Å². The molecular formula is C17H18F2N6O. The van der Waals surface area contributed by atoms with Gasteiger partial charge in [0.1, 0.15) is 11.5 Å². The monoisotopic (exact) mass is 360 g/mol. The summed E-state index contributed by atoms with van der Waals surface area (Å²) >= 11 is 0. The fourth-order valence-electron chi connectivity index (χ4n) is 2.61. The summed E-state index contributed by atoms with van der Waals surface area (Å²) in [7, 11) is 0. The number of pyridine rings is 1. The lowest BCUT2D eigenvalue weighted by Crippen LogP contribution is -2.15. The van der Waals surface area contributed by atoms with Crippen LogP contribution in [0, 0.1) is 6.92 Å². The molecule has 0 aliphatic carbocycles. The third kappa shape index (κ3) is 3.37. The van der Waals surface area contributed by atoms with Gasteiger partial charge in [0.05, 0.1) is 11.2 Å². The van der Waals surface area contributed by atoms with Gasteiger partial charge in [0.2, 0.25) is 5.91 Å². The summed E-state index contributed by atoms with van der Waals surface area (Å²) in [5, 5.41) is 7.80. The zero-order valence-corrected chi connectivity index (χ0v) is 14.8. The van der Waals surface area contributed by atoms with Crippen molar-refractivity contribution in [3.05, 3.63) is 35.4 Å². The van der Waals surface area contributed by atoms with Crippen molar-refractivity contribution in [3.63, 3.8) is 0 Å². The summed E-state index contributed by atoms with van der Waals surface area (Å²) in [6, 6.07) is 2.87. The SMILES string of the molecule is CCc1nn(-c2nc(C)cc(C(C)(F)F)n2)c2cc(NC(C)=O)ncc12. The summed E-state index contributed by atoms with van der Waals surface area (Å²) in [6.45, 7) is 5.71. The van der Waals surface area contributed by atoms with Crippen LogP contribution in [0.15, 0.2) is 18.3 Å². The first-order chi connectivity index (χ1) is 12.2. The summed E-state index contributed by atoms with van der Waals surface area (Å²) in [5.74, 6) is -2.98. The van der Waals surface area contributed by atoms with Crippen molar-refractivity contribution in [3.8, 4) is 5.95 Å². The third-order valence-electron chi connectivity index (χ3n) is 3.76. The summed E-state index contributed by atoms with van der Waals surface area (Å²) in [6.07, 6.45) is 2.21. The molecular weight excluding hydrogens is 342 g/mol. The van der Waals surface area contributed by atoms with E-state index in [0.29, 0.717) is 23.4 Å². The van der Waals surface area contributed by atoms with E-state index in [0.717, 1.165) is 18.0 Å². The molecule has 3 rings (SSSR count). The lowest BCUT2D eigenvalue weighted by molar-refractivity contribution is -0.114. The van der Waals surface area contributed by atoms with E-state index in [4.69, 9.17) is 0 Å². The standard InChI is InChI=1S/C17H18F2N6O/c1-5-12-11-8-20-15(22-10(3)26)7-13(11)25(24-12)16-21-9(2)6-14(23-16)17(4,18)19/h6-8H,5H2,1-4H3,(H,20,22,26). The predicted molar refractivity (Wildman–Crippen MR) is 92.4 cm³/mol. The lowest BCUT2D eigenvalue weighted by atomic mass is 10.2. The minimum Gasteiger partial charge on any atom is -0.311 e. The average Bonchev–Trinajstić information content (AvgIpc) is 2.91. The van der Waals surface area contributed by atoms with Gasteiger partial charge in [0.15, 0.2) is 0 Å². The van der Waals surface area contributed by atoms with Crippen LogP contribution in [0.25, 0.3) is 16.9 Å². The fraction of sp³-hybridized carbons (Fsp3) is 0.353. The number of nitrogens with zero attached hydrogens (tertiary/aromatic N) is 5. The number of rotatable bonds is 4. The van der Waals surface area contributed by atoms with Crippen molar-refractivity contribution in [2.45, 2.75) is 40.0 Å². The Bertz CT molecular complexity index is 993. The summed E-state index contributed by atoms with van der Waals surface area (Å²) < 4.78 is 28.9. The second-order valence-electron chi connectivity index (χ2n) is 6.06. The number of anilines is 1. The van der Waals surface area contributed by atoms with Crippen LogP contribution >= 0.6 is 0 Å². The Morgan fingerprint density at radius 3 is 2.65 bits per heavy atom. The number of aryl methyl sites for hydroxylation is 2. The number of nitrogens with one attached hydrogen (secondary N) is 1. The number of fused-ring (bicyclic) bond motifs is 1. The Morgan fingerprint density at radius 2 is 2.04 bits per heavy atom. The van der Waals surface area contributed by atoms with Gasteiger partial charge in [-0.1, -0.05) is 6.92 Å². The van der Waals surface area contributed by atoms with Gasteiger partial charge in [0, 0.05) is 37.2 Å². The Kier molecular flexibility index (Phi) is 4.39. The van der Waals surface area contributed by atoms with Crippen molar-refractivity contribution >= 4 is 22.6 Å². The molecule has 0 unspecified atom stereocenters. The number of halogens is 2. The van der Waals surface area contributed by atoms with Gasteiger partial charge in [-0.2, -0.15) is 18.6 Å². The van der Waals surface area contributed by atoms with Gasteiger partial charge in [-0.15, -0.1) is 0 Å². The van der Waals surface area contributed by atoms with Gasteiger partial charge in [-0.05, 0) is 19.4 Å². The smallest absolute Gasteiger partial charge is 0.287 e. The maximum absolute atomic E-state index is 13.7. The van der Waals surface area contributed by atoms with Crippen LogP contribution in [0.1, 0.15) is 37.9 Å². The highest BCUT2D eigenvalue weighted by Crippen LogP contribution is 2.28. The van der Waals surface area contributed by atoms with Gasteiger partial charge < -0.3 is 5.32 Å². The molecule has 3 heterocycles. The second kappa shape index (κ2) is 6.40. The largest absolute Gasteiger partial charge is 0.311 e. The number of aromatic nitrogens is 5. The first kappa shape index (κ1) is 17.8. The molecule has 0 aliphatic rings. The van der Waals surface area contributed by atoms with E-state index in [1.807, 2.05) is 6.92 Å². The average molecular weight is 360 g/mol. The highest BCUT2D eigenvalue weighted by Gasteiger charge is 2.28. The highest BCUT2D eigenvalue weighted by atomic mass is 19.3. The molecule has 0 saturated heterocycles. The van der Waals surface area contributed by atoms with Gasteiger partial charge >= 0.3 is 0 Å². The number of amides is 1. The molecule has 3 aromatic heterocycles. The van der Waals surface area contributed by atoms with Gasteiger partial charge in [-0.3, -0.25) is 4.79 Å². The minimum absolute atomic E-state index is 0.0474. The molecule has 0 atom stereocenters. The third-order valence-corrected chi connectivity index (χ3v) is 3.76. The van der Waals surface area contributed by atoms with Crippen molar-refractivity contribution in [2.75, 3.05) is 5.32 Å². The van der Waals surface area contributed by atoms with E-state index in [1.165, 1.54) is 17.7 Å². The number of hydrogen-bond acceptors (Lipinski definition) is 5. The van der Waals surface area contributed by atoms with Crippen molar-refractivity contribution < 1.29 is 13.6 Å². The number of carbonyl (C=O) groups is 1. The zero-order chi connectivity index (χ0) is 19.1. The molecule has 0 aliphatic heterocycles. The molecule has 26 heavy (non-hydrogen) atoms. The Balaban J connectivity index is 2.24. The van der Waals surface area contributed by atoms with Crippen LogP contribution in [-0.4, -0.2) is 30.6 Å². The molecule has 3 aromatic rings. The Hall–Kier alpha value is -2.97. The summed E-state index contributed by atoms with van der Waals surface area (Å²) in [4.78, 5) is 23.7. The lowest BCUT2D eigenvalue weighted by Gasteiger charge is -2.12. The van der Waals surface area contributed by atoms with Crippen molar-refractivity contribution in [1.82, 2.24) is 24.7 Å². The highest BCUT2D eigenvalue weighted by molar-refractivity contribution is 5.91. The predicted octanol–water partition coefficient (Wildman–Crippen LogP) is 3.15. The van der Waals surface area contributed by atoms with E-state index >= 15 is 0 Å². The van der Waals surface area contributed by atoms with Gasteiger partial charge in [-0.25, -0.2) is 15.0 Å². The van der Waals surface area contributed by atoms with E-state index < -0.39 is 5.92 Å². The molecule has 0 spiro atoms. The number of alkyl halides is 2. The molecule has 0 radical (unpaired) electrons. The molecule has 7 nitrogen and oxygen atoms in total. The van der Waals surface area contributed by atoms with Crippen molar-refractivity contribution in [2.24, 2.45) is 0 Å². The molecule has 0 aromatic carbocycles. The number of carbonyl (C=O) groups excluding carboxylic acids is 1. The van der Waals surface area contributed by atoms with Crippen LogP contribution in [-0.2, 0) is 17.1 Å². The van der Waals surface area contributed by atoms with Crippen molar-refractivity contribution in [1.29, 1.82) is 0 Å². The quantitative estimate of drug-likeness (QED) is 0.772. The normalized spacial score (nSPS) is 11.8. The molecule has 9 heteroatoms.